The molecule has 51 heavy (non-hydrogen) atoms. The van der Waals surface area contributed by atoms with Crippen molar-refractivity contribution in [2.24, 2.45) is 0 Å². The summed E-state index contributed by atoms with van der Waals surface area (Å²) in [6.07, 6.45) is -0.0481. The van der Waals surface area contributed by atoms with Gasteiger partial charge in [0.05, 0.1) is 29.9 Å². The fraction of sp³-hybridized carbons (Fsp3) is 0.444. The molecule has 6 rings (SSSR count). The number of methoxy groups -OCH3 is 1. The Morgan fingerprint density at radius 2 is 1.67 bits per heavy atom. The molecule has 2 aromatic heterocycles. The van der Waals surface area contributed by atoms with E-state index in [9.17, 15) is 23.2 Å². The van der Waals surface area contributed by atoms with Gasteiger partial charge in [-0.25, -0.2) is 24.5 Å². The van der Waals surface area contributed by atoms with Crippen molar-refractivity contribution in [1.29, 1.82) is 0 Å². The largest absolute Gasteiger partial charge is 0.497 e. The predicted molar refractivity (Wildman–Crippen MR) is 183 cm³/mol. The Kier molecular flexibility index (Phi) is 8.67. The number of alkyl halides is 2. The molecular formula is C36H40F2N6O7. The Hall–Kier alpha value is -5.34. The second-order valence-corrected chi connectivity index (χ2v) is 14.8. The molecule has 15 heteroatoms. The number of fused-ring (bicyclic) bond motifs is 3. The van der Waals surface area contributed by atoms with Crippen molar-refractivity contribution < 1.29 is 42.1 Å². The maximum absolute atomic E-state index is 14.2. The second-order valence-electron chi connectivity index (χ2n) is 14.8. The lowest BCUT2D eigenvalue weighted by atomic mass is 9.91. The van der Waals surface area contributed by atoms with Crippen LogP contribution in [0.4, 0.5) is 35.7 Å². The minimum atomic E-state index is -3.14. The number of carbonyl (C=O) groups is 3. The van der Waals surface area contributed by atoms with Crippen molar-refractivity contribution in [3.8, 4) is 11.5 Å². The summed E-state index contributed by atoms with van der Waals surface area (Å²) in [7, 11) is 1.52. The number of rotatable bonds is 7. The molecule has 13 nitrogen and oxygen atoms in total. The van der Waals surface area contributed by atoms with Crippen LogP contribution in [0.2, 0.25) is 0 Å². The topological polar surface area (TPSA) is 147 Å². The summed E-state index contributed by atoms with van der Waals surface area (Å²) in [6.45, 7) is 10.9. The molecule has 0 radical (unpaired) electrons. The molecule has 1 fully saturated rings. The van der Waals surface area contributed by atoms with Gasteiger partial charge in [0.15, 0.2) is 17.4 Å². The first kappa shape index (κ1) is 35.5. The minimum absolute atomic E-state index is 0.0701. The first-order valence-corrected chi connectivity index (χ1v) is 16.4. The van der Waals surface area contributed by atoms with Crippen molar-refractivity contribution in [3.05, 3.63) is 59.5 Å². The molecule has 4 aromatic rings. The summed E-state index contributed by atoms with van der Waals surface area (Å²) in [5.41, 5.74) is -0.754. The maximum atomic E-state index is 14.2. The second kappa shape index (κ2) is 12.5. The number of hydrogen-bond acceptors (Lipinski definition) is 11. The Balaban J connectivity index is 1.44. The monoisotopic (exact) mass is 706 g/mol. The van der Waals surface area contributed by atoms with E-state index in [1.807, 2.05) is 13.8 Å². The third-order valence-electron chi connectivity index (χ3n) is 8.46. The van der Waals surface area contributed by atoms with Gasteiger partial charge in [-0.3, -0.25) is 4.79 Å². The number of imide groups is 1. The van der Waals surface area contributed by atoms with Crippen LogP contribution < -0.4 is 19.7 Å². The van der Waals surface area contributed by atoms with Gasteiger partial charge in [0.1, 0.15) is 22.8 Å². The molecule has 1 N–H and O–H groups in total. The van der Waals surface area contributed by atoms with Crippen molar-refractivity contribution in [1.82, 2.24) is 19.7 Å². The molecule has 0 saturated heterocycles. The van der Waals surface area contributed by atoms with Crippen LogP contribution in [0.25, 0.3) is 10.9 Å². The Morgan fingerprint density at radius 3 is 2.29 bits per heavy atom. The molecule has 0 bridgehead atoms. The van der Waals surface area contributed by atoms with Gasteiger partial charge >= 0.3 is 18.8 Å². The van der Waals surface area contributed by atoms with Gasteiger partial charge < -0.3 is 24.3 Å². The van der Waals surface area contributed by atoms with E-state index in [0.29, 0.717) is 45.7 Å². The Morgan fingerprint density at radius 1 is 0.980 bits per heavy atom. The quantitative estimate of drug-likeness (QED) is 0.201. The van der Waals surface area contributed by atoms with Gasteiger partial charge in [-0.15, -0.1) is 5.10 Å². The molecule has 270 valence electrons. The van der Waals surface area contributed by atoms with Gasteiger partial charge in [-0.1, -0.05) is 19.9 Å². The first-order valence-electron chi connectivity index (χ1n) is 16.4. The molecule has 1 aliphatic carbocycles. The molecule has 1 saturated carbocycles. The number of halogens is 2. The smallest absolute Gasteiger partial charge is 0.435 e. The molecule has 2 amide bonds. The third-order valence-corrected chi connectivity index (χ3v) is 8.46. The van der Waals surface area contributed by atoms with E-state index in [-0.39, 0.29) is 23.3 Å². The molecule has 3 heterocycles. The maximum Gasteiger partial charge on any atom is 0.435 e. The molecule has 1 spiro atoms. The van der Waals surface area contributed by atoms with E-state index in [1.165, 1.54) is 7.11 Å². The number of carbonyl (C=O) groups excluding carboxylic acids is 3. The van der Waals surface area contributed by atoms with Crippen molar-refractivity contribution in [3.63, 3.8) is 0 Å². The van der Waals surface area contributed by atoms with E-state index >= 15 is 0 Å². The molecule has 0 unspecified atom stereocenters. The lowest BCUT2D eigenvalue weighted by Gasteiger charge is -2.24. The lowest BCUT2D eigenvalue weighted by Crippen LogP contribution is -2.41. The van der Waals surface area contributed by atoms with Crippen LogP contribution in [0, 0.1) is 0 Å². The summed E-state index contributed by atoms with van der Waals surface area (Å²) in [5, 5.41) is 7.88. The predicted octanol–water partition coefficient (Wildman–Crippen LogP) is 7.79. The molecule has 1 aliphatic heterocycles. The van der Waals surface area contributed by atoms with E-state index in [2.05, 4.69) is 25.1 Å². The lowest BCUT2D eigenvalue weighted by molar-refractivity contribution is -0.120. The average molecular weight is 707 g/mol. The standard InChI is InChI=1S/C36H40F2N6O7/c1-18(2)27-39-17-26(49-31(37)38)29(40-27)41-28-21-12-10-19(14-25(21)44(42-28)33(47)51-35(6,7)8)23-16-36(23)22-15-20(48-9)11-13-24(22)43(30(36)45)32(46)50-34(3,4)5/h10-15,17-18,23,31H,16H2,1-9H3,(H,39,40,41,42)/t23-,36-/m0/s1. The van der Waals surface area contributed by atoms with Crippen LogP contribution >= 0.6 is 0 Å². The fourth-order valence-corrected chi connectivity index (χ4v) is 6.24. The number of nitrogens with zero attached hydrogens (tertiary/aromatic N) is 5. The van der Waals surface area contributed by atoms with Crippen molar-refractivity contribution >= 4 is 46.3 Å². The Labute approximate surface area is 293 Å². The summed E-state index contributed by atoms with van der Waals surface area (Å²) in [6, 6.07) is 10.4. The van der Waals surface area contributed by atoms with Gasteiger partial charge in [-0.05, 0) is 89.4 Å². The van der Waals surface area contributed by atoms with Crippen LogP contribution in [0.3, 0.4) is 0 Å². The number of ether oxygens (including phenoxy) is 4. The van der Waals surface area contributed by atoms with Crippen molar-refractivity contribution in [2.75, 3.05) is 17.3 Å². The highest BCUT2D eigenvalue weighted by Crippen LogP contribution is 2.67. The summed E-state index contributed by atoms with van der Waals surface area (Å²) in [5.74, 6) is -0.332. The SMILES string of the molecule is COc1ccc2c(c1)[C@]1(C[C@H]1c1ccc3c(Nc4nc(C(C)C)ncc4OC(F)F)nn(C(=O)OC(C)(C)C)c3c1)C(=O)N2C(=O)OC(C)(C)C. The molecule has 2 atom stereocenters. The fourth-order valence-electron chi connectivity index (χ4n) is 6.24. The molecule has 2 aliphatic rings. The number of hydrogen-bond donors (Lipinski definition) is 1. The highest BCUT2D eigenvalue weighted by atomic mass is 19.3. The molecular weight excluding hydrogens is 666 g/mol. The average Bonchev–Trinajstić information content (AvgIpc) is 3.61. The van der Waals surface area contributed by atoms with E-state index in [4.69, 9.17) is 14.2 Å². The van der Waals surface area contributed by atoms with Crippen LogP contribution in [-0.4, -0.2) is 62.8 Å². The number of benzene rings is 2. The Bertz CT molecular complexity index is 2050. The summed E-state index contributed by atoms with van der Waals surface area (Å²) >= 11 is 0. The highest BCUT2D eigenvalue weighted by Gasteiger charge is 2.68. The van der Waals surface area contributed by atoms with Crippen LogP contribution in [0.15, 0.2) is 42.6 Å². The van der Waals surface area contributed by atoms with E-state index < -0.39 is 47.2 Å². The van der Waals surface area contributed by atoms with Gasteiger partial charge in [0.2, 0.25) is 5.91 Å². The zero-order valence-corrected chi connectivity index (χ0v) is 29.8. The summed E-state index contributed by atoms with van der Waals surface area (Å²) < 4.78 is 49.2. The van der Waals surface area contributed by atoms with E-state index in [1.54, 1.807) is 77.9 Å². The third kappa shape index (κ3) is 6.64. The number of aromatic nitrogens is 4. The zero-order chi connectivity index (χ0) is 37.2. The normalized spacial score (nSPS) is 18.4. The van der Waals surface area contributed by atoms with Crippen molar-refractivity contribution in [2.45, 2.75) is 96.9 Å². The number of anilines is 3. The van der Waals surface area contributed by atoms with Gasteiger partial charge in [0, 0.05) is 17.2 Å². The van der Waals surface area contributed by atoms with E-state index in [0.717, 1.165) is 15.8 Å². The van der Waals surface area contributed by atoms with Crippen LogP contribution in [0.1, 0.15) is 90.6 Å². The molecule has 2 aromatic carbocycles. The highest BCUT2D eigenvalue weighted by molar-refractivity contribution is 6.23. The minimum Gasteiger partial charge on any atom is -0.497 e. The summed E-state index contributed by atoms with van der Waals surface area (Å²) in [4.78, 5) is 50.8. The number of amides is 2. The zero-order valence-electron chi connectivity index (χ0n) is 29.8. The number of nitrogens with one attached hydrogen (secondary N) is 1. The van der Waals surface area contributed by atoms with Crippen LogP contribution in [-0.2, 0) is 19.7 Å². The van der Waals surface area contributed by atoms with Crippen LogP contribution in [0.5, 0.6) is 11.5 Å². The van der Waals surface area contributed by atoms with Gasteiger partial charge in [0.25, 0.3) is 0 Å². The van der Waals surface area contributed by atoms with Gasteiger partial charge in [-0.2, -0.15) is 13.5 Å². The first-order chi connectivity index (χ1) is 23.8.